The number of phenols is 3. The van der Waals surface area contributed by atoms with Crippen molar-refractivity contribution in [2.75, 3.05) is 0 Å². The van der Waals surface area contributed by atoms with Crippen molar-refractivity contribution in [2.24, 2.45) is 0 Å². The maximum Gasteiger partial charge on any atom is 0.200 e. The number of ketones is 1. The van der Waals surface area contributed by atoms with Gasteiger partial charge < -0.3 is 15.3 Å². The highest BCUT2D eigenvalue weighted by Gasteiger charge is 2.20. The second-order valence-electron chi connectivity index (χ2n) is 3.52. The Morgan fingerprint density at radius 2 is 1.41 bits per heavy atom. The first-order valence-corrected chi connectivity index (χ1v) is 4.95. The molecule has 0 spiro atoms. The van der Waals surface area contributed by atoms with Gasteiger partial charge in [-0.15, -0.1) is 0 Å². The molecular weight excluding hydrogens is 220 g/mol. The highest BCUT2D eigenvalue weighted by molar-refractivity contribution is 6.12. The van der Waals surface area contributed by atoms with Gasteiger partial charge in [0.1, 0.15) is 11.3 Å². The van der Waals surface area contributed by atoms with Crippen LogP contribution < -0.4 is 0 Å². The number of rotatable bonds is 2. The van der Waals surface area contributed by atoms with E-state index < -0.39 is 17.3 Å². The molecule has 0 aromatic heterocycles. The summed E-state index contributed by atoms with van der Waals surface area (Å²) in [6.07, 6.45) is 0. The topological polar surface area (TPSA) is 77.8 Å². The molecule has 3 N–H and O–H groups in total. The fourth-order valence-corrected chi connectivity index (χ4v) is 1.53. The van der Waals surface area contributed by atoms with E-state index in [4.69, 9.17) is 0 Å². The molecule has 2 rings (SSSR count). The van der Waals surface area contributed by atoms with Gasteiger partial charge in [0.05, 0.1) is 0 Å². The lowest BCUT2D eigenvalue weighted by molar-refractivity contribution is 0.103. The van der Waals surface area contributed by atoms with E-state index in [1.54, 1.807) is 30.3 Å². The number of aromatic hydroxyl groups is 3. The minimum absolute atomic E-state index is 0.295. The Labute approximate surface area is 97.4 Å². The molecular formula is C13H10O4. The summed E-state index contributed by atoms with van der Waals surface area (Å²) in [6.45, 7) is 0. The van der Waals surface area contributed by atoms with Crippen LogP contribution in [-0.4, -0.2) is 21.1 Å². The molecule has 17 heavy (non-hydrogen) atoms. The van der Waals surface area contributed by atoms with E-state index in [1.807, 2.05) is 0 Å². The van der Waals surface area contributed by atoms with Crippen LogP contribution in [-0.2, 0) is 0 Å². The molecule has 0 bridgehead atoms. The van der Waals surface area contributed by atoms with Crippen molar-refractivity contribution < 1.29 is 20.1 Å². The number of benzene rings is 2. The Morgan fingerprint density at radius 1 is 0.824 bits per heavy atom. The smallest absolute Gasteiger partial charge is 0.200 e. The van der Waals surface area contributed by atoms with E-state index >= 15 is 0 Å². The molecule has 0 amide bonds. The van der Waals surface area contributed by atoms with E-state index in [1.165, 1.54) is 0 Å². The van der Waals surface area contributed by atoms with Crippen LogP contribution in [0, 0.1) is 0 Å². The highest BCUT2D eigenvalue weighted by Crippen LogP contribution is 2.36. The first-order chi connectivity index (χ1) is 8.11. The fourth-order valence-electron chi connectivity index (χ4n) is 1.53. The molecule has 0 atom stereocenters. The molecule has 86 valence electrons. The van der Waals surface area contributed by atoms with Crippen molar-refractivity contribution in [1.29, 1.82) is 0 Å². The Bertz CT molecular complexity index is 561. The van der Waals surface area contributed by atoms with Crippen LogP contribution in [0.5, 0.6) is 17.2 Å². The molecule has 0 saturated carbocycles. The monoisotopic (exact) mass is 230 g/mol. The zero-order chi connectivity index (χ0) is 12.4. The van der Waals surface area contributed by atoms with Gasteiger partial charge in [-0.05, 0) is 12.1 Å². The van der Waals surface area contributed by atoms with Gasteiger partial charge in [0, 0.05) is 5.56 Å². The van der Waals surface area contributed by atoms with Gasteiger partial charge in [-0.25, -0.2) is 0 Å². The third-order valence-electron chi connectivity index (χ3n) is 2.40. The molecule has 0 aliphatic carbocycles. The number of carbonyl (C=O) groups excluding carboxylic acids is 1. The van der Waals surface area contributed by atoms with Crippen LogP contribution in [0.3, 0.4) is 0 Å². The summed E-state index contributed by atoms with van der Waals surface area (Å²) in [5.74, 6) is -1.97. The molecule has 0 fully saturated rings. The number of hydrogen-bond donors (Lipinski definition) is 3. The first-order valence-electron chi connectivity index (χ1n) is 4.95. The van der Waals surface area contributed by atoms with Crippen molar-refractivity contribution in [3.8, 4) is 17.2 Å². The van der Waals surface area contributed by atoms with Crippen molar-refractivity contribution in [1.82, 2.24) is 0 Å². The van der Waals surface area contributed by atoms with E-state index in [0.29, 0.717) is 5.56 Å². The second-order valence-corrected chi connectivity index (χ2v) is 3.52. The normalized spacial score (nSPS) is 10.1. The van der Waals surface area contributed by atoms with E-state index in [-0.39, 0.29) is 11.3 Å². The summed E-state index contributed by atoms with van der Waals surface area (Å²) in [6, 6.07) is 10.5. The van der Waals surface area contributed by atoms with Crippen LogP contribution in [0.1, 0.15) is 15.9 Å². The highest BCUT2D eigenvalue weighted by atomic mass is 16.3. The molecule has 2 aromatic rings. The van der Waals surface area contributed by atoms with E-state index in [9.17, 15) is 20.1 Å². The lowest BCUT2D eigenvalue weighted by Gasteiger charge is -2.07. The first kappa shape index (κ1) is 11.0. The van der Waals surface area contributed by atoms with Crippen molar-refractivity contribution in [3.05, 3.63) is 53.6 Å². The summed E-state index contributed by atoms with van der Waals surface area (Å²) in [7, 11) is 0. The summed E-state index contributed by atoms with van der Waals surface area (Å²) in [5, 5.41) is 28.4. The van der Waals surface area contributed by atoms with Crippen molar-refractivity contribution in [2.45, 2.75) is 0 Å². The standard InChI is InChI=1S/C13H10O4/c14-9-6-7-10(15)13(17)11(9)12(16)8-4-2-1-3-5-8/h1-7,14-15,17H. The predicted molar refractivity (Wildman–Crippen MR) is 61.3 cm³/mol. The molecule has 0 heterocycles. The maximum absolute atomic E-state index is 12.0. The minimum atomic E-state index is -0.612. The Hall–Kier alpha value is -2.49. The molecule has 0 aliphatic rings. The van der Waals surface area contributed by atoms with Crippen molar-refractivity contribution in [3.63, 3.8) is 0 Å². The molecule has 4 heteroatoms. The van der Waals surface area contributed by atoms with Gasteiger partial charge >= 0.3 is 0 Å². The van der Waals surface area contributed by atoms with Crippen LogP contribution in [0.25, 0.3) is 0 Å². The van der Waals surface area contributed by atoms with Crippen molar-refractivity contribution >= 4 is 5.78 Å². The van der Waals surface area contributed by atoms with Gasteiger partial charge in [0.2, 0.25) is 5.78 Å². The number of hydrogen-bond acceptors (Lipinski definition) is 4. The van der Waals surface area contributed by atoms with Gasteiger partial charge in [-0.1, -0.05) is 30.3 Å². The average molecular weight is 230 g/mol. The van der Waals surface area contributed by atoms with Crippen LogP contribution in [0.2, 0.25) is 0 Å². The third-order valence-corrected chi connectivity index (χ3v) is 2.40. The summed E-state index contributed by atoms with van der Waals surface area (Å²) >= 11 is 0. The number of phenolic OH excluding ortho intramolecular Hbond substituents is 3. The van der Waals surface area contributed by atoms with Crippen LogP contribution in [0.4, 0.5) is 0 Å². The van der Waals surface area contributed by atoms with E-state index in [0.717, 1.165) is 12.1 Å². The molecule has 2 aromatic carbocycles. The fraction of sp³-hybridized carbons (Fsp3) is 0. The summed E-state index contributed by atoms with van der Waals surface area (Å²) in [4.78, 5) is 12.0. The van der Waals surface area contributed by atoms with Crippen LogP contribution >= 0.6 is 0 Å². The van der Waals surface area contributed by atoms with Gasteiger partial charge in [-0.3, -0.25) is 4.79 Å². The molecule has 0 aliphatic heterocycles. The zero-order valence-electron chi connectivity index (χ0n) is 8.79. The third kappa shape index (κ3) is 1.92. The Kier molecular flexibility index (Phi) is 2.70. The van der Waals surface area contributed by atoms with Gasteiger partial charge in [0.25, 0.3) is 0 Å². The SMILES string of the molecule is O=C(c1ccccc1)c1c(O)ccc(O)c1O. The summed E-state index contributed by atoms with van der Waals surface area (Å²) < 4.78 is 0. The van der Waals surface area contributed by atoms with Gasteiger partial charge in [-0.2, -0.15) is 0 Å². The largest absolute Gasteiger partial charge is 0.507 e. The molecule has 0 radical (unpaired) electrons. The quantitative estimate of drug-likeness (QED) is 0.419. The minimum Gasteiger partial charge on any atom is -0.507 e. The Morgan fingerprint density at radius 3 is 2.06 bits per heavy atom. The molecule has 4 nitrogen and oxygen atoms in total. The molecule has 0 saturated heterocycles. The van der Waals surface area contributed by atoms with Crippen LogP contribution in [0.15, 0.2) is 42.5 Å². The predicted octanol–water partition coefficient (Wildman–Crippen LogP) is 2.03. The number of carbonyl (C=O) groups is 1. The molecule has 0 unspecified atom stereocenters. The lowest BCUT2D eigenvalue weighted by Crippen LogP contribution is -2.01. The zero-order valence-corrected chi connectivity index (χ0v) is 8.79. The average Bonchev–Trinajstić information content (AvgIpc) is 2.35. The lowest BCUT2D eigenvalue weighted by atomic mass is 10.0. The van der Waals surface area contributed by atoms with E-state index in [2.05, 4.69) is 0 Å². The second kappa shape index (κ2) is 4.17. The maximum atomic E-state index is 12.0. The van der Waals surface area contributed by atoms with Gasteiger partial charge in [0.15, 0.2) is 11.5 Å². The summed E-state index contributed by atoms with van der Waals surface area (Å²) in [5.41, 5.74) is 0.0277. The Balaban J connectivity index is 2.56.